The SMILES string of the molecule is O=C(COc1ccc(Cl)c(Cl)c1)NN1C(=O)[C@@H]2[C@H](C1=O)[C@H]1C=C[C@@H]2C12CC2. The standard InChI is InChI=1S/C19H16Cl2N2O4/c20-12-4-1-9(7-13(12)21)27-8-14(24)22-23-17(25)15-10-2-3-11(16(15)18(23)26)19(10)5-6-19/h1-4,7,10-11,15-16H,5-6,8H2,(H,22,24)/t10-,11+,15-,16+. The molecule has 27 heavy (non-hydrogen) atoms. The Bertz CT molecular complexity index is 877. The lowest BCUT2D eigenvalue weighted by Gasteiger charge is -2.22. The molecule has 4 aliphatic rings. The number of fused-ring (bicyclic) bond motifs is 3. The van der Waals surface area contributed by atoms with Gasteiger partial charge in [-0.3, -0.25) is 19.8 Å². The van der Waals surface area contributed by atoms with Gasteiger partial charge in [0.25, 0.3) is 17.7 Å². The van der Waals surface area contributed by atoms with Crippen molar-refractivity contribution in [3.05, 3.63) is 40.4 Å². The molecule has 1 aromatic rings. The third kappa shape index (κ3) is 2.36. The lowest BCUT2D eigenvalue weighted by Crippen LogP contribution is -2.49. The molecule has 3 aliphatic carbocycles. The fourth-order valence-corrected chi connectivity index (χ4v) is 5.35. The van der Waals surface area contributed by atoms with Crippen LogP contribution in [0.25, 0.3) is 0 Å². The number of allylic oxidation sites excluding steroid dienone is 2. The molecule has 140 valence electrons. The number of carbonyl (C=O) groups excluding carboxylic acids is 3. The van der Waals surface area contributed by atoms with Crippen molar-refractivity contribution in [2.45, 2.75) is 12.8 Å². The van der Waals surface area contributed by atoms with Gasteiger partial charge in [0.1, 0.15) is 5.75 Å². The van der Waals surface area contributed by atoms with Gasteiger partial charge in [0.2, 0.25) is 0 Å². The second kappa shape index (κ2) is 5.72. The summed E-state index contributed by atoms with van der Waals surface area (Å²) in [6, 6.07) is 4.63. The Kier molecular flexibility index (Phi) is 3.62. The minimum absolute atomic E-state index is 0.123. The van der Waals surface area contributed by atoms with Crippen LogP contribution in [-0.2, 0) is 14.4 Å². The van der Waals surface area contributed by atoms with Gasteiger partial charge in [0.15, 0.2) is 6.61 Å². The van der Waals surface area contributed by atoms with Crippen LogP contribution in [0.5, 0.6) is 5.75 Å². The van der Waals surface area contributed by atoms with Crippen LogP contribution in [0, 0.1) is 29.1 Å². The summed E-state index contributed by atoms with van der Waals surface area (Å²) in [7, 11) is 0. The summed E-state index contributed by atoms with van der Waals surface area (Å²) in [6.45, 7) is -0.348. The van der Waals surface area contributed by atoms with E-state index in [1.807, 2.05) is 0 Å². The number of rotatable bonds is 4. The Morgan fingerprint density at radius 2 is 1.74 bits per heavy atom. The third-order valence-electron chi connectivity index (χ3n) is 6.35. The molecule has 0 aromatic heterocycles. The number of nitrogens with zero attached hydrogens (tertiary/aromatic N) is 1. The Balaban J connectivity index is 1.24. The molecular weight excluding hydrogens is 391 g/mol. The van der Waals surface area contributed by atoms with Gasteiger partial charge >= 0.3 is 0 Å². The van der Waals surface area contributed by atoms with Crippen molar-refractivity contribution in [1.82, 2.24) is 10.4 Å². The second-order valence-corrected chi connectivity index (χ2v) is 8.45. The number of hydrogen-bond donors (Lipinski definition) is 1. The van der Waals surface area contributed by atoms with Crippen molar-refractivity contribution in [3.63, 3.8) is 0 Å². The van der Waals surface area contributed by atoms with Gasteiger partial charge in [-0.1, -0.05) is 35.4 Å². The van der Waals surface area contributed by atoms with E-state index in [0.29, 0.717) is 15.8 Å². The first kappa shape index (κ1) is 17.1. The zero-order valence-electron chi connectivity index (χ0n) is 14.2. The average molecular weight is 407 g/mol. The molecule has 0 radical (unpaired) electrons. The minimum atomic E-state index is -0.579. The van der Waals surface area contributed by atoms with Gasteiger partial charge in [0.05, 0.1) is 21.9 Å². The number of nitrogens with one attached hydrogen (secondary N) is 1. The Labute approximate surface area is 165 Å². The molecule has 2 bridgehead atoms. The molecule has 4 atom stereocenters. The molecule has 1 spiro atoms. The molecule has 1 N–H and O–H groups in total. The molecule has 0 unspecified atom stereocenters. The maximum atomic E-state index is 12.8. The largest absolute Gasteiger partial charge is 0.484 e. The van der Waals surface area contributed by atoms with Gasteiger partial charge in [0, 0.05) is 6.07 Å². The van der Waals surface area contributed by atoms with E-state index in [-0.39, 0.29) is 47.5 Å². The predicted octanol–water partition coefficient (Wildman–Crippen LogP) is 2.60. The quantitative estimate of drug-likeness (QED) is 0.615. The van der Waals surface area contributed by atoms with Crippen LogP contribution in [0.1, 0.15) is 12.8 Å². The fourth-order valence-electron chi connectivity index (χ4n) is 5.06. The first-order valence-corrected chi connectivity index (χ1v) is 9.61. The summed E-state index contributed by atoms with van der Waals surface area (Å²) in [5.41, 5.74) is 2.54. The Morgan fingerprint density at radius 3 is 2.30 bits per heavy atom. The van der Waals surface area contributed by atoms with Crippen LogP contribution < -0.4 is 10.2 Å². The number of carbonyl (C=O) groups is 3. The van der Waals surface area contributed by atoms with Crippen molar-refractivity contribution in [2.75, 3.05) is 6.61 Å². The molecule has 1 aliphatic heterocycles. The van der Waals surface area contributed by atoms with Crippen molar-refractivity contribution in [3.8, 4) is 5.75 Å². The average Bonchev–Trinajstić information content (AvgIpc) is 3.25. The van der Waals surface area contributed by atoms with E-state index in [4.69, 9.17) is 27.9 Å². The van der Waals surface area contributed by atoms with Gasteiger partial charge in [-0.2, -0.15) is 5.01 Å². The van der Waals surface area contributed by atoms with Crippen LogP contribution in [0.2, 0.25) is 10.0 Å². The van der Waals surface area contributed by atoms with Crippen molar-refractivity contribution < 1.29 is 19.1 Å². The second-order valence-electron chi connectivity index (χ2n) is 7.63. The third-order valence-corrected chi connectivity index (χ3v) is 7.09. The molecule has 2 saturated carbocycles. The zero-order chi connectivity index (χ0) is 18.9. The first-order valence-electron chi connectivity index (χ1n) is 8.86. The maximum absolute atomic E-state index is 12.8. The Hall–Kier alpha value is -2.05. The van der Waals surface area contributed by atoms with Gasteiger partial charge in [-0.25, -0.2) is 0 Å². The molecule has 3 fully saturated rings. The van der Waals surface area contributed by atoms with Gasteiger partial charge in [-0.05, 0) is 42.2 Å². The molecule has 5 rings (SSSR count). The number of ether oxygens (including phenoxy) is 1. The summed E-state index contributed by atoms with van der Waals surface area (Å²) >= 11 is 11.7. The van der Waals surface area contributed by atoms with E-state index in [1.54, 1.807) is 12.1 Å². The normalized spacial score (nSPS) is 31.6. The first-order chi connectivity index (χ1) is 12.9. The van der Waals surface area contributed by atoms with Crippen molar-refractivity contribution in [1.29, 1.82) is 0 Å². The highest BCUT2D eigenvalue weighted by Crippen LogP contribution is 2.73. The molecule has 1 aromatic carbocycles. The van der Waals surface area contributed by atoms with E-state index in [2.05, 4.69) is 17.6 Å². The van der Waals surface area contributed by atoms with Gasteiger partial charge < -0.3 is 4.74 Å². The highest BCUT2D eigenvalue weighted by molar-refractivity contribution is 6.42. The van der Waals surface area contributed by atoms with E-state index in [0.717, 1.165) is 17.9 Å². The number of amides is 3. The highest BCUT2D eigenvalue weighted by atomic mass is 35.5. The van der Waals surface area contributed by atoms with Crippen LogP contribution in [-0.4, -0.2) is 29.3 Å². The number of benzene rings is 1. The molecule has 8 heteroatoms. The Morgan fingerprint density at radius 1 is 1.11 bits per heavy atom. The number of imide groups is 1. The molecular formula is C19H16Cl2N2O4. The highest BCUT2D eigenvalue weighted by Gasteiger charge is 2.73. The summed E-state index contributed by atoms with van der Waals surface area (Å²) in [5, 5.41) is 1.58. The van der Waals surface area contributed by atoms with Crippen LogP contribution >= 0.6 is 23.2 Å². The van der Waals surface area contributed by atoms with E-state index >= 15 is 0 Å². The number of halogens is 2. The van der Waals surface area contributed by atoms with E-state index in [9.17, 15) is 14.4 Å². The maximum Gasteiger partial charge on any atom is 0.276 e. The van der Waals surface area contributed by atoms with E-state index in [1.165, 1.54) is 6.07 Å². The van der Waals surface area contributed by atoms with Crippen LogP contribution in [0.4, 0.5) is 0 Å². The lowest BCUT2D eigenvalue weighted by atomic mass is 9.85. The minimum Gasteiger partial charge on any atom is -0.484 e. The molecule has 1 heterocycles. The predicted molar refractivity (Wildman–Crippen MR) is 96.7 cm³/mol. The summed E-state index contributed by atoms with van der Waals surface area (Å²) < 4.78 is 5.36. The number of hydrazine groups is 1. The smallest absolute Gasteiger partial charge is 0.276 e. The monoisotopic (exact) mass is 406 g/mol. The molecule has 3 amide bonds. The van der Waals surface area contributed by atoms with Crippen molar-refractivity contribution in [2.24, 2.45) is 29.1 Å². The lowest BCUT2D eigenvalue weighted by molar-refractivity contribution is -0.150. The van der Waals surface area contributed by atoms with Crippen LogP contribution in [0.3, 0.4) is 0 Å². The summed E-state index contributed by atoms with van der Waals surface area (Å²) in [4.78, 5) is 37.8. The van der Waals surface area contributed by atoms with Crippen molar-refractivity contribution >= 4 is 40.9 Å². The topological polar surface area (TPSA) is 75.7 Å². The zero-order valence-corrected chi connectivity index (χ0v) is 15.7. The summed E-state index contributed by atoms with van der Waals surface area (Å²) in [6.07, 6.45) is 6.32. The fraction of sp³-hybridized carbons (Fsp3) is 0.421. The number of hydrogen-bond acceptors (Lipinski definition) is 4. The van der Waals surface area contributed by atoms with Crippen LogP contribution in [0.15, 0.2) is 30.4 Å². The molecule has 1 saturated heterocycles. The van der Waals surface area contributed by atoms with Gasteiger partial charge in [-0.15, -0.1) is 0 Å². The van der Waals surface area contributed by atoms with E-state index < -0.39 is 5.91 Å². The summed E-state index contributed by atoms with van der Waals surface area (Å²) in [5.74, 6) is -1.26. The molecule has 6 nitrogen and oxygen atoms in total.